The fourth-order valence-electron chi connectivity index (χ4n) is 2.18. The Labute approximate surface area is 92.6 Å². The summed E-state index contributed by atoms with van der Waals surface area (Å²) in [5, 5.41) is 12.3. The highest BCUT2D eigenvalue weighted by Gasteiger charge is 2.35. The number of ether oxygens (including phenoxy) is 1. The van der Waals surface area contributed by atoms with Gasteiger partial charge in [-0.3, -0.25) is 0 Å². The predicted molar refractivity (Wildman–Crippen MR) is 61.0 cm³/mol. The van der Waals surface area contributed by atoms with E-state index in [1.807, 2.05) is 0 Å². The number of hydrogen-bond acceptors (Lipinski definition) is 4. The first-order chi connectivity index (χ1) is 7.22. The zero-order valence-electron chi connectivity index (χ0n) is 9.96. The molecule has 0 saturated carbocycles. The molecule has 1 saturated heterocycles. The second-order valence-corrected chi connectivity index (χ2v) is 4.54. The first-order valence-corrected chi connectivity index (χ1v) is 5.80. The molecule has 0 bridgehead atoms. The van der Waals surface area contributed by atoms with Gasteiger partial charge in [-0.05, 0) is 20.0 Å². The molecule has 0 spiro atoms. The van der Waals surface area contributed by atoms with Gasteiger partial charge in [-0.2, -0.15) is 0 Å². The molecule has 0 aromatic rings. The summed E-state index contributed by atoms with van der Waals surface area (Å²) in [4.78, 5) is 2.19. The molecule has 2 N–H and O–H groups in total. The van der Waals surface area contributed by atoms with Crippen LogP contribution in [-0.4, -0.2) is 63.1 Å². The second-order valence-electron chi connectivity index (χ2n) is 4.54. The number of likely N-dealkylation sites (N-methyl/N-ethyl adjacent to an activating group) is 1. The number of rotatable bonds is 7. The van der Waals surface area contributed by atoms with Gasteiger partial charge in [0.25, 0.3) is 0 Å². The Bertz CT molecular complexity index is 170. The summed E-state index contributed by atoms with van der Waals surface area (Å²) in [6.45, 7) is 7.84. The topological polar surface area (TPSA) is 44.7 Å². The van der Waals surface area contributed by atoms with E-state index in [0.29, 0.717) is 0 Å². The zero-order chi connectivity index (χ0) is 11.1. The van der Waals surface area contributed by atoms with E-state index in [1.54, 1.807) is 0 Å². The summed E-state index contributed by atoms with van der Waals surface area (Å²) in [6.07, 6.45) is 1.12. The minimum atomic E-state index is 0.231. The quantitative estimate of drug-likeness (QED) is 0.625. The summed E-state index contributed by atoms with van der Waals surface area (Å²) in [7, 11) is 2.06. The van der Waals surface area contributed by atoms with Crippen LogP contribution in [0, 0.1) is 5.41 Å². The molecular weight excluding hydrogens is 192 g/mol. The van der Waals surface area contributed by atoms with Crippen molar-refractivity contribution in [3.63, 3.8) is 0 Å². The summed E-state index contributed by atoms with van der Waals surface area (Å²) >= 11 is 0. The minimum absolute atomic E-state index is 0.231. The Morgan fingerprint density at radius 1 is 1.53 bits per heavy atom. The van der Waals surface area contributed by atoms with Crippen molar-refractivity contribution in [1.29, 1.82) is 0 Å². The molecule has 4 nitrogen and oxygen atoms in total. The molecule has 0 aliphatic carbocycles. The van der Waals surface area contributed by atoms with Gasteiger partial charge in [-0.1, -0.05) is 6.92 Å². The molecule has 1 fully saturated rings. The average molecular weight is 216 g/mol. The molecule has 0 amide bonds. The van der Waals surface area contributed by atoms with Crippen LogP contribution in [0.5, 0.6) is 0 Å². The van der Waals surface area contributed by atoms with Crippen LogP contribution in [0.3, 0.4) is 0 Å². The van der Waals surface area contributed by atoms with Crippen LogP contribution in [0.2, 0.25) is 0 Å². The van der Waals surface area contributed by atoms with E-state index in [2.05, 4.69) is 24.2 Å². The van der Waals surface area contributed by atoms with E-state index in [4.69, 9.17) is 9.84 Å². The van der Waals surface area contributed by atoms with Crippen molar-refractivity contribution in [3.05, 3.63) is 0 Å². The molecule has 0 aromatic carbocycles. The lowest BCUT2D eigenvalue weighted by atomic mass is 9.86. The maximum Gasteiger partial charge on any atom is 0.0558 e. The molecule has 1 unspecified atom stereocenters. The molecule has 4 heteroatoms. The average Bonchev–Trinajstić information content (AvgIpc) is 2.64. The van der Waals surface area contributed by atoms with Crippen LogP contribution in [0.4, 0.5) is 0 Å². The fraction of sp³-hybridized carbons (Fsp3) is 1.00. The van der Waals surface area contributed by atoms with E-state index >= 15 is 0 Å². The van der Waals surface area contributed by atoms with Crippen LogP contribution >= 0.6 is 0 Å². The number of nitrogens with one attached hydrogen (secondary N) is 1. The highest BCUT2D eigenvalue weighted by atomic mass is 16.5. The van der Waals surface area contributed by atoms with Gasteiger partial charge in [0.15, 0.2) is 0 Å². The fourth-order valence-corrected chi connectivity index (χ4v) is 2.18. The van der Waals surface area contributed by atoms with Gasteiger partial charge < -0.3 is 20.1 Å². The largest absolute Gasteiger partial charge is 0.395 e. The van der Waals surface area contributed by atoms with Gasteiger partial charge in [0, 0.05) is 31.7 Å². The highest BCUT2D eigenvalue weighted by molar-refractivity contribution is 4.87. The summed E-state index contributed by atoms with van der Waals surface area (Å²) < 4.78 is 5.51. The second kappa shape index (κ2) is 6.43. The van der Waals surface area contributed by atoms with E-state index in [-0.39, 0.29) is 12.0 Å². The SMILES string of the molecule is CCNCC1(CN(C)CCO)CCOC1. The van der Waals surface area contributed by atoms with Gasteiger partial charge in [0.05, 0.1) is 13.2 Å². The smallest absolute Gasteiger partial charge is 0.0558 e. The maximum absolute atomic E-state index is 8.88. The van der Waals surface area contributed by atoms with Gasteiger partial charge in [-0.15, -0.1) is 0 Å². The number of hydrogen-bond donors (Lipinski definition) is 2. The van der Waals surface area contributed by atoms with Crippen molar-refractivity contribution in [2.75, 3.05) is 53.0 Å². The molecule has 0 radical (unpaired) electrons. The summed E-state index contributed by atoms with van der Waals surface area (Å²) in [5.41, 5.74) is 0.250. The summed E-state index contributed by atoms with van der Waals surface area (Å²) in [6, 6.07) is 0. The number of nitrogens with zero attached hydrogens (tertiary/aromatic N) is 1. The van der Waals surface area contributed by atoms with Crippen molar-refractivity contribution < 1.29 is 9.84 Å². The Morgan fingerprint density at radius 3 is 2.87 bits per heavy atom. The molecule has 90 valence electrons. The van der Waals surface area contributed by atoms with E-state index in [0.717, 1.165) is 45.8 Å². The Morgan fingerprint density at radius 2 is 2.33 bits per heavy atom. The minimum Gasteiger partial charge on any atom is -0.395 e. The monoisotopic (exact) mass is 216 g/mol. The standard InChI is InChI=1S/C11H24N2O2/c1-3-12-8-11(4-7-15-10-11)9-13(2)5-6-14/h12,14H,3-10H2,1-2H3. The zero-order valence-corrected chi connectivity index (χ0v) is 9.96. The first-order valence-electron chi connectivity index (χ1n) is 5.80. The number of aliphatic hydroxyl groups is 1. The van der Waals surface area contributed by atoms with Crippen molar-refractivity contribution in [1.82, 2.24) is 10.2 Å². The van der Waals surface area contributed by atoms with Gasteiger partial charge in [0.2, 0.25) is 0 Å². The predicted octanol–water partition coefficient (Wildman–Crippen LogP) is -0.0733. The third-order valence-electron chi connectivity index (χ3n) is 3.02. The molecule has 1 atom stereocenters. The molecule has 1 aliphatic rings. The van der Waals surface area contributed by atoms with Crippen LogP contribution in [-0.2, 0) is 4.74 Å². The van der Waals surface area contributed by atoms with Crippen LogP contribution in [0.15, 0.2) is 0 Å². The van der Waals surface area contributed by atoms with E-state index in [1.165, 1.54) is 0 Å². The third kappa shape index (κ3) is 4.07. The Hall–Kier alpha value is -0.160. The van der Waals surface area contributed by atoms with Crippen molar-refractivity contribution in [3.8, 4) is 0 Å². The van der Waals surface area contributed by atoms with Crippen molar-refractivity contribution in [2.24, 2.45) is 5.41 Å². The molecule has 1 aliphatic heterocycles. The van der Waals surface area contributed by atoms with Crippen LogP contribution in [0.25, 0.3) is 0 Å². The number of aliphatic hydroxyl groups excluding tert-OH is 1. The lowest BCUT2D eigenvalue weighted by Gasteiger charge is -2.32. The van der Waals surface area contributed by atoms with Crippen LogP contribution < -0.4 is 5.32 Å². The molecule has 1 rings (SSSR count). The maximum atomic E-state index is 8.88. The van der Waals surface area contributed by atoms with Gasteiger partial charge >= 0.3 is 0 Å². The Balaban J connectivity index is 2.41. The molecule has 15 heavy (non-hydrogen) atoms. The molecule has 0 aromatic heterocycles. The Kier molecular flexibility index (Phi) is 5.53. The van der Waals surface area contributed by atoms with Gasteiger partial charge in [0.1, 0.15) is 0 Å². The molecule has 1 heterocycles. The molecular formula is C11H24N2O2. The summed E-state index contributed by atoms with van der Waals surface area (Å²) in [5.74, 6) is 0. The van der Waals surface area contributed by atoms with E-state index in [9.17, 15) is 0 Å². The van der Waals surface area contributed by atoms with Gasteiger partial charge in [-0.25, -0.2) is 0 Å². The highest BCUT2D eigenvalue weighted by Crippen LogP contribution is 2.28. The first kappa shape index (κ1) is 12.9. The van der Waals surface area contributed by atoms with Crippen molar-refractivity contribution in [2.45, 2.75) is 13.3 Å². The lowest BCUT2D eigenvalue weighted by Crippen LogP contribution is -2.44. The third-order valence-corrected chi connectivity index (χ3v) is 3.02. The van der Waals surface area contributed by atoms with Crippen molar-refractivity contribution >= 4 is 0 Å². The van der Waals surface area contributed by atoms with E-state index < -0.39 is 0 Å². The normalized spacial score (nSPS) is 26.4. The lowest BCUT2D eigenvalue weighted by molar-refractivity contribution is 0.110. The van der Waals surface area contributed by atoms with Crippen LogP contribution in [0.1, 0.15) is 13.3 Å².